The number of rotatable bonds is 10. The van der Waals surface area contributed by atoms with Crippen LogP contribution >= 0.6 is 7.82 Å². The molecule has 14 heteroatoms. The van der Waals surface area contributed by atoms with Gasteiger partial charge in [0.15, 0.2) is 0 Å². The summed E-state index contributed by atoms with van der Waals surface area (Å²) in [6.45, 7) is -1.52. The van der Waals surface area contributed by atoms with Crippen molar-refractivity contribution in [1.29, 1.82) is 0 Å². The number of phosphoric acid groups is 1. The third kappa shape index (κ3) is 14.3. The molecule has 0 amide bonds. The summed E-state index contributed by atoms with van der Waals surface area (Å²) in [7, 11) is -12.3. The minimum absolute atomic E-state index is 0.328. The van der Waals surface area contributed by atoms with Crippen molar-refractivity contribution in [3.05, 3.63) is 0 Å². The average Bonchev–Trinajstić information content (AvgIpc) is 2.10. The lowest BCUT2D eigenvalue weighted by Gasteiger charge is -2.20. The summed E-state index contributed by atoms with van der Waals surface area (Å²) in [5, 5.41) is 0.650. The zero-order chi connectivity index (χ0) is 16.0. The highest BCUT2D eigenvalue weighted by molar-refractivity contribution is 7.86. The SMILES string of the molecule is CS(=O)(=O)OCCN(CCOS(C)(=O)=O)OP(=O)(O)O. The van der Waals surface area contributed by atoms with Gasteiger partial charge in [-0.3, -0.25) is 8.37 Å². The molecule has 0 radical (unpaired) electrons. The lowest BCUT2D eigenvalue weighted by molar-refractivity contribution is -0.0912. The molecule has 0 aromatic heterocycles. The normalized spacial score (nSPS) is 13.8. The highest BCUT2D eigenvalue weighted by atomic mass is 32.2. The Morgan fingerprint density at radius 1 is 0.950 bits per heavy atom. The molecular formula is C6H16NO10PS2. The van der Waals surface area contributed by atoms with E-state index in [1.165, 1.54) is 0 Å². The first-order chi connectivity index (χ1) is 8.79. The second-order valence-corrected chi connectivity index (χ2v) is 7.99. The fraction of sp³-hybridized carbons (Fsp3) is 1.00. The van der Waals surface area contributed by atoms with Gasteiger partial charge in [0.25, 0.3) is 20.2 Å². The van der Waals surface area contributed by atoms with Crippen LogP contribution in [0, 0.1) is 0 Å². The molecule has 20 heavy (non-hydrogen) atoms. The lowest BCUT2D eigenvalue weighted by Crippen LogP contribution is -2.31. The second kappa shape index (κ2) is 7.77. The van der Waals surface area contributed by atoms with Crippen molar-refractivity contribution in [2.75, 3.05) is 38.8 Å². The molecule has 0 aromatic carbocycles. The fourth-order valence-electron chi connectivity index (χ4n) is 0.925. The molecule has 0 saturated carbocycles. The number of nitrogens with zero attached hydrogens (tertiary/aromatic N) is 1. The first-order valence-corrected chi connectivity index (χ1v) is 10.1. The molecule has 122 valence electrons. The van der Waals surface area contributed by atoms with E-state index in [-0.39, 0.29) is 13.1 Å². The van der Waals surface area contributed by atoms with Gasteiger partial charge in [-0.15, -0.1) is 0 Å². The van der Waals surface area contributed by atoms with Gasteiger partial charge in [-0.25, -0.2) is 4.57 Å². The van der Waals surface area contributed by atoms with Crippen molar-refractivity contribution >= 4 is 28.1 Å². The Bertz CT molecular complexity index is 498. The summed E-state index contributed by atoms with van der Waals surface area (Å²) >= 11 is 0. The number of hydroxylamine groups is 2. The predicted octanol–water partition coefficient (Wildman–Crippen LogP) is -1.73. The maximum absolute atomic E-state index is 10.7. The van der Waals surface area contributed by atoms with Crippen LogP contribution in [0.2, 0.25) is 0 Å². The van der Waals surface area contributed by atoms with Gasteiger partial charge >= 0.3 is 7.82 Å². The fourth-order valence-corrected chi connectivity index (χ4v) is 2.14. The molecular weight excluding hydrogens is 341 g/mol. The Morgan fingerprint density at radius 3 is 1.55 bits per heavy atom. The van der Waals surface area contributed by atoms with E-state index in [2.05, 4.69) is 13.0 Å². The van der Waals surface area contributed by atoms with Crippen molar-refractivity contribution < 1.29 is 44.2 Å². The minimum Gasteiger partial charge on any atom is -0.302 e. The summed E-state index contributed by atoms with van der Waals surface area (Å²) < 4.78 is 66.4. The van der Waals surface area contributed by atoms with Gasteiger partial charge in [-0.05, 0) is 0 Å². The average molecular weight is 357 g/mol. The van der Waals surface area contributed by atoms with Crippen LogP contribution in [0.5, 0.6) is 0 Å². The Balaban J connectivity index is 4.38. The highest BCUT2D eigenvalue weighted by Crippen LogP contribution is 2.36. The Morgan fingerprint density at radius 2 is 1.30 bits per heavy atom. The first kappa shape index (κ1) is 19.9. The van der Waals surface area contributed by atoms with Crippen molar-refractivity contribution in [3.63, 3.8) is 0 Å². The Kier molecular flexibility index (Phi) is 7.73. The molecule has 0 unspecified atom stereocenters. The van der Waals surface area contributed by atoms with E-state index in [0.29, 0.717) is 5.06 Å². The van der Waals surface area contributed by atoms with E-state index < -0.39 is 41.3 Å². The minimum atomic E-state index is -4.87. The molecule has 0 aliphatic rings. The molecule has 0 saturated heterocycles. The molecule has 0 heterocycles. The van der Waals surface area contributed by atoms with Gasteiger partial charge < -0.3 is 9.79 Å². The van der Waals surface area contributed by atoms with Crippen LogP contribution in [-0.2, 0) is 37.8 Å². The second-order valence-electron chi connectivity index (χ2n) is 3.55. The number of hydrogen-bond donors (Lipinski definition) is 2. The summed E-state index contributed by atoms with van der Waals surface area (Å²) in [4.78, 5) is 17.3. The Labute approximate surface area is 116 Å². The summed E-state index contributed by atoms with van der Waals surface area (Å²) in [6.07, 6.45) is 1.60. The predicted molar refractivity (Wildman–Crippen MR) is 66.3 cm³/mol. The molecule has 11 nitrogen and oxygen atoms in total. The van der Waals surface area contributed by atoms with Crippen LogP contribution in [0.25, 0.3) is 0 Å². The van der Waals surface area contributed by atoms with Gasteiger partial charge in [0.2, 0.25) is 0 Å². The van der Waals surface area contributed by atoms with Gasteiger partial charge in [-0.1, -0.05) is 0 Å². The lowest BCUT2D eigenvalue weighted by atomic mass is 10.6. The van der Waals surface area contributed by atoms with Crippen LogP contribution in [0.4, 0.5) is 0 Å². The maximum Gasteiger partial charge on any atom is 0.486 e. The first-order valence-electron chi connectivity index (χ1n) is 4.97. The van der Waals surface area contributed by atoms with Crippen molar-refractivity contribution in [2.24, 2.45) is 0 Å². The van der Waals surface area contributed by atoms with Gasteiger partial charge in [0.1, 0.15) is 0 Å². The van der Waals surface area contributed by atoms with Crippen LogP contribution in [0.3, 0.4) is 0 Å². The van der Waals surface area contributed by atoms with Crippen LogP contribution in [0.15, 0.2) is 0 Å². The molecule has 0 bridgehead atoms. The van der Waals surface area contributed by atoms with E-state index >= 15 is 0 Å². The third-order valence-corrected chi connectivity index (χ3v) is 3.13. The molecule has 0 rings (SSSR count). The Hall–Kier alpha value is -0.110. The zero-order valence-corrected chi connectivity index (χ0v) is 13.2. The topological polar surface area (TPSA) is 157 Å². The van der Waals surface area contributed by atoms with Crippen molar-refractivity contribution in [2.45, 2.75) is 0 Å². The van der Waals surface area contributed by atoms with E-state index in [9.17, 15) is 21.4 Å². The van der Waals surface area contributed by atoms with E-state index in [0.717, 1.165) is 12.5 Å². The zero-order valence-electron chi connectivity index (χ0n) is 10.7. The molecule has 0 aliphatic heterocycles. The van der Waals surface area contributed by atoms with Gasteiger partial charge in [-0.2, -0.15) is 26.5 Å². The highest BCUT2D eigenvalue weighted by Gasteiger charge is 2.21. The summed E-state index contributed by atoms with van der Waals surface area (Å²) in [5.74, 6) is 0. The third-order valence-electron chi connectivity index (χ3n) is 1.50. The standard InChI is InChI=1S/C6H16NO10PS2/c1-19(11,12)15-5-3-7(17-18(8,9)10)4-6-16-20(2,13)14/h3-6H2,1-2H3,(H2,8,9,10). The molecule has 2 N–H and O–H groups in total. The quantitative estimate of drug-likeness (QED) is 0.260. The van der Waals surface area contributed by atoms with Crippen LogP contribution in [-0.4, -0.2) is 70.5 Å². The molecule has 0 aliphatic carbocycles. The molecule has 0 atom stereocenters. The van der Waals surface area contributed by atoms with Gasteiger partial charge in [0.05, 0.1) is 25.7 Å². The van der Waals surface area contributed by atoms with Crippen molar-refractivity contribution in [3.8, 4) is 0 Å². The molecule has 0 fully saturated rings. The van der Waals surface area contributed by atoms with Gasteiger partial charge in [0, 0.05) is 13.1 Å². The van der Waals surface area contributed by atoms with Crippen LogP contribution < -0.4 is 0 Å². The van der Waals surface area contributed by atoms with E-state index in [1.807, 2.05) is 0 Å². The summed E-state index contributed by atoms with van der Waals surface area (Å²) in [5.41, 5.74) is 0. The molecule has 0 spiro atoms. The molecule has 0 aromatic rings. The van der Waals surface area contributed by atoms with Crippen LogP contribution in [0.1, 0.15) is 0 Å². The maximum atomic E-state index is 10.7. The van der Waals surface area contributed by atoms with Crippen molar-refractivity contribution in [1.82, 2.24) is 5.06 Å². The number of hydrogen-bond acceptors (Lipinski definition) is 9. The summed E-state index contributed by atoms with van der Waals surface area (Å²) in [6, 6.07) is 0. The van der Waals surface area contributed by atoms with E-state index in [1.54, 1.807) is 0 Å². The van der Waals surface area contributed by atoms with E-state index in [4.69, 9.17) is 9.79 Å². The largest absolute Gasteiger partial charge is 0.486 e. The smallest absolute Gasteiger partial charge is 0.302 e. The monoisotopic (exact) mass is 357 g/mol.